The minimum Gasteiger partial charge on any atom is -0.368 e. The Balaban J connectivity index is 2.57. The monoisotopic (exact) mass is 151 g/mol. The molecule has 1 atom stereocenters. The van der Waals surface area contributed by atoms with Crippen LogP contribution >= 0.6 is 0 Å². The van der Waals surface area contributed by atoms with Gasteiger partial charge in [0.1, 0.15) is 5.69 Å². The van der Waals surface area contributed by atoms with Crippen molar-refractivity contribution in [2.45, 2.75) is 6.23 Å². The predicted octanol–water partition coefficient (Wildman–Crippen LogP) is -0.0151. The summed E-state index contributed by atoms with van der Waals surface area (Å²) in [6, 6.07) is 0. The standard InChI is InChI=1S/C7H9N3O/c1-10-4-9-6-5(10)2-3-8-7(6)11/h2-4,7-8,11H,1H3/t7-/m1/s1. The van der Waals surface area contributed by atoms with E-state index in [1.165, 1.54) is 0 Å². The van der Waals surface area contributed by atoms with Crippen LogP contribution in [0.5, 0.6) is 0 Å². The zero-order chi connectivity index (χ0) is 7.84. The van der Waals surface area contributed by atoms with E-state index in [-0.39, 0.29) is 0 Å². The molecular weight excluding hydrogens is 142 g/mol. The van der Waals surface area contributed by atoms with Gasteiger partial charge in [-0.3, -0.25) is 0 Å². The van der Waals surface area contributed by atoms with E-state index in [0.29, 0.717) is 5.69 Å². The maximum Gasteiger partial charge on any atom is 0.169 e. The second-order valence-corrected chi connectivity index (χ2v) is 2.53. The fourth-order valence-corrected chi connectivity index (χ4v) is 1.17. The van der Waals surface area contributed by atoms with Crippen LogP contribution in [0.3, 0.4) is 0 Å². The van der Waals surface area contributed by atoms with E-state index < -0.39 is 6.23 Å². The summed E-state index contributed by atoms with van der Waals surface area (Å²) in [7, 11) is 1.90. The smallest absolute Gasteiger partial charge is 0.169 e. The van der Waals surface area contributed by atoms with Crippen LogP contribution in [0.4, 0.5) is 0 Å². The van der Waals surface area contributed by atoms with Crippen LogP contribution in [0.1, 0.15) is 17.6 Å². The second-order valence-electron chi connectivity index (χ2n) is 2.53. The number of nitrogens with zero attached hydrogens (tertiary/aromatic N) is 2. The SMILES string of the molecule is Cn1cnc2c1C=CN[C@@H]2O. The minimum absolute atomic E-state index is 0.656. The van der Waals surface area contributed by atoms with Gasteiger partial charge in [0.2, 0.25) is 0 Å². The molecule has 0 fully saturated rings. The van der Waals surface area contributed by atoms with E-state index in [1.54, 1.807) is 12.5 Å². The lowest BCUT2D eigenvalue weighted by Gasteiger charge is -2.13. The van der Waals surface area contributed by atoms with Gasteiger partial charge in [0, 0.05) is 13.2 Å². The number of hydrogen-bond acceptors (Lipinski definition) is 3. The molecule has 0 aromatic carbocycles. The molecule has 1 aromatic rings. The predicted molar refractivity (Wildman–Crippen MR) is 40.3 cm³/mol. The van der Waals surface area contributed by atoms with Crippen LogP contribution in [-0.2, 0) is 7.05 Å². The Labute approximate surface area is 64.2 Å². The van der Waals surface area contributed by atoms with Gasteiger partial charge in [-0.1, -0.05) is 0 Å². The normalized spacial score (nSPS) is 21.1. The van der Waals surface area contributed by atoms with Gasteiger partial charge in [-0.2, -0.15) is 0 Å². The van der Waals surface area contributed by atoms with Crippen molar-refractivity contribution < 1.29 is 5.11 Å². The Morgan fingerprint density at radius 2 is 2.55 bits per heavy atom. The van der Waals surface area contributed by atoms with Crippen molar-refractivity contribution in [3.8, 4) is 0 Å². The van der Waals surface area contributed by atoms with Gasteiger partial charge in [0.05, 0.1) is 12.0 Å². The van der Waals surface area contributed by atoms with E-state index in [4.69, 9.17) is 0 Å². The van der Waals surface area contributed by atoms with Crippen molar-refractivity contribution in [1.82, 2.24) is 14.9 Å². The molecule has 11 heavy (non-hydrogen) atoms. The molecule has 0 spiro atoms. The van der Waals surface area contributed by atoms with E-state index in [0.717, 1.165) is 5.69 Å². The molecule has 1 aliphatic rings. The van der Waals surface area contributed by atoms with Crippen molar-refractivity contribution >= 4 is 6.08 Å². The van der Waals surface area contributed by atoms with E-state index in [9.17, 15) is 5.11 Å². The number of aromatic nitrogens is 2. The Kier molecular flexibility index (Phi) is 1.22. The van der Waals surface area contributed by atoms with Crippen molar-refractivity contribution in [3.05, 3.63) is 23.9 Å². The Morgan fingerprint density at radius 1 is 1.73 bits per heavy atom. The molecule has 1 aromatic heterocycles. The molecule has 1 aliphatic heterocycles. The lowest BCUT2D eigenvalue weighted by molar-refractivity contribution is 0.150. The lowest BCUT2D eigenvalue weighted by atomic mass is 10.2. The summed E-state index contributed by atoms with van der Waals surface area (Å²) in [4.78, 5) is 4.04. The highest BCUT2D eigenvalue weighted by Crippen LogP contribution is 2.18. The van der Waals surface area contributed by atoms with Crippen LogP contribution in [0.2, 0.25) is 0 Å². The number of hydrogen-bond donors (Lipinski definition) is 2. The van der Waals surface area contributed by atoms with Gasteiger partial charge >= 0.3 is 0 Å². The Hall–Kier alpha value is -1.29. The average Bonchev–Trinajstić information content (AvgIpc) is 2.35. The van der Waals surface area contributed by atoms with Gasteiger partial charge in [0.15, 0.2) is 6.23 Å². The van der Waals surface area contributed by atoms with Crippen LogP contribution in [0.15, 0.2) is 12.5 Å². The molecule has 58 valence electrons. The third-order valence-electron chi connectivity index (χ3n) is 1.77. The molecule has 4 nitrogen and oxygen atoms in total. The summed E-state index contributed by atoms with van der Waals surface area (Å²) >= 11 is 0. The molecule has 0 bridgehead atoms. The summed E-state index contributed by atoms with van der Waals surface area (Å²) in [6.07, 6.45) is 4.63. The summed E-state index contributed by atoms with van der Waals surface area (Å²) < 4.78 is 1.87. The van der Waals surface area contributed by atoms with Crippen LogP contribution in [-0.4, -0.2) is 14.7 Å². The van der Waals surface area contributed by atoms with Gasteiger partial charge in [-0.15, -0.1) is 0 Å². The second kappa shape index (κ2) is 2.10. The van der Waals surface area contributed by atoms with Gasteiger partial charge < -0.3 is 15.0 Å². The van der Waals surface area contributed by atoms with Gasteiger partial charge in [-0.05, 0) is 6.08 Å². The average molecular weight is 151 g/mol. The Morgan fingerprint density at radius 3 is 3.27 bits per heavy atom. The molecule has 0 saturated heterocycles. The van der Waals surface area contributed by atoms with E-state index in [2.05, 4.69) is 10.3 Å². The highest BCUT2D eigenvalue weighted by Gasteiger charge is 2.16. The third kappa shape index (κ3) is 0.832. The molecule has 2 heterocycles. The first-order chi connectivity index (χ1) is 5.29. The van der Waals surface area contributed by atoms with Crippen LogP contribution < -0.4 is 5.32 Å². The van der Waals surface area contributed by atoms with Gasteiger partial charge in [0.25, 0.3) is 0 Å². The van der Waals surface area contributed by atoms with Crippen LogP contribution in [0, 0.1) is 0 Å². The number of nitrogens with one attached hydrogen (secondary N) is 1. The zero-order valence-corrected chi connectivity index (χ0v) is 6.15. The lowest BCUT2D eigenvalue weighted by Crippen LogP contribution is -2.19. The maximum atomic E-state index is 9.34. The fourth-order valence-electron chi connectivity index (χ4n) is 1.17. The summed E-state index contributed by atoms with van der Waals surface area (Å²) in [6.45, 7) is 0. The molecule has 2 rings (SSSR count). The highest BCUT2D eigenvalue weighted by atomic mass is 16.3. The zero-order valence-electron chi connectivity index (χ0n) is 6.15. The summed E-state index contributed by atoms with van der Waals surface area (Å²) in [5.74, 6) is 0. The fraction of sp³-hybridized carbons (Fsp3) is 0.286. The molecule has 0 saturated carbocycles. The van der Waals surface area contributed by atoms with Crippen molar-refractivity contribution in [2.24, 2.45) is 7.05 Å². The first kappa shape index (κ1) is 6.42. The molecule has 4 heteroatoms. The number of fused-ring (bicyclic) bond motifs is 1. The first-order valence-electron chi connectivity index (χ1n) is 3.41. The van der Waals surface area contributed by atoms with Crippen molar-refractivity contribution in [1.29, 1.82) is 0 Å². The number of rotatable bonds is 0. The topological polar surface area (TPSA) is 50.1 Å². The first-order valence-corrected chi connectivity index (χ1v) is 3.41. The maximum absolute atomic E-state index is 9.34. The summed E-state index contributed by atoms with van der Waals surface area (Å²) in [5, 5.41) is 12.1. The van der Waals surface area contributed by atoms with Crippen LogP contribution in [0.25, 0.3) is 6.08 Å². The number of aryl methyl sites for hydroxylation is 1. The van der Waals surface area contributed by atoms with Crippen molar-refractivity contribution in [3.63, 3.8) is 0 Å². The largest absolute Gasteiger partial charge is 0.368 e. The van der Waals surface area contributed by atoms with E-state index in [1.807, 2.05) is 17.7 Å². The van der Waals surface area contributed by atoms with E-state index >= 15 is 0 Å². The number of imidazole rings is 1. The molecule has 0 amide bonds. The highest BCUT2D eigenvalue weighted by molar-refractivity contribution is 5.50. The number of aliphatic hydroxyl groups is 1. The van der Waals surface area contributed by atoms with Gasteiger partial charge in [-0.25, -0.2) is 4.98 Å². The van der Waals surface area contributed by atoms with Crippen molar-refractivity contribution in [2.75, 3.05) is 0 Å². The molecule has 0 unspecified atom stereocenters. The number of aliphatic hydroxyl groups excluding tert-OH is 1. The quantitative estimate of drug-likeness (QED) is 0.548. The molecule has 0 aliphatic carbocycles. The third-order valence-corrected chi connectivity index (χ3v) is 1.77. The Bertz CT molecular complexity index is 303. The minimum atomic E-state index is -0.656. The molecule has 0 radical (unpaired) electrons. The summed E-state index contributed by atoms with van der Waals surface area (Å²) in [5.41, 5.74) is 1.64. The molecule has 2 N–H and O–H groups in total. The molecular formula is C7H9N3O.